The van der Waals surface area contributed by atoms with Gasteiger partial charge in [0.15, 0.2) is 0 Å². The number of hydrogen-bond donors (Lipinski definition) is 1. The fourth-order valence-corrected chi connectivity index (χ4v) is 3.36. The van der Waals surface area contributed by atoms with Crippen molar-refractivity contribution in [2.24, 2.45) is 0 Å². The Balaban J connectivity index is 1.89. The van der Waals surface area contributed by atoms with Crippen LogP contribution in [-0.4, -0.2) is 44.1 Å². The molecule has 152 valence electrons. The SMILES string of the molecule is Cc1ccc(OC[C@@H](C)NC(=O)CN(Cc2ccccc2)S(C)(=O)=O)cc1C. The van der Waals surface area contributed by atoms with Gasteiger partial charge in [0.2, 0.25) is 15.9 Å². The minimum atomic E-state index is -3.52. The fraction of sp³-hybridized carbons (Fsp3) is 0.381. The minimum Gasteiger partial charge on any atom is -0.491 e. The van der Waals surface area contributed by atoms with Gasteiger partial charge in [0.1, 0.15) is 12.4 Å². The molecule has 28 heavy (non-hydrogen) atoms. The number of nitrogens with zero attached hydrogens (tertiary/aromatic N) is 1. The third-order valence-corrected chi connectivity index (χ3v) is 5.57. The highest BCUT2D eigenvalue weighted by Gasteiger charge is 2.21. The van der Waals surface area contributed by atoms with Gasteiger partial charge in [-0.15, -0.1) is 0 Å². The summed E-state index contributed by atoms with van der Waals surface area (Å²) in [5.41, 5.74) is 3.15. The van der Waals surface area contributed by atoms with E-state index in [-0.39, 0.29) is 25.0 Å². The second-order valence-corrected chi connectivity index (χ2v) is 9.02. The summed E-state index contributed by atoms with van der Waals surface area (Å²) in [5.74, 6) is 0.378. The van der Waals surface area contributed by atoms with Gasteiger partial charge in [0.05, 0.1) is 18.8 Å². The summed E-state index contributed by atoms with van der Waals surface area (Å²) in [4.78, 5) is 12.3. The number of nitrogens with one attached hydrogen (secondary N) is 1. The van der Waals surface area contributed by atoms with Crippen LogP contribution in [0.1, 0.15) is 23.6 Å². The van der Waals surface area contributed by atoms with Crippen LogP contribution in [0.25, 0.3) is 0 Å². The molecule has 6 nitrogen and oxygen atoms in total. The lowest BCUT2D eigenvalue weighted by Crippen LogP contribution is -2.44. The largest absolute Gasteiger partial charge is 0.491 e. The number of rotatable bonds is 9. The van der Waals surface area contributed by atoms with Crippen LogP contribution >= 0.6 is 0 Å². The molecule has 0 saturated heterocycles. The average Bonchev–Trinajstić information content (AvgIpc) is 2.62. The normalized spacial score (nSPS) is 12.6. The molecule has 0 radical (unpaired) electrons. The number of carbonyl (C=O) groups excluding carboxylic acids is 1. The predicted octanol–water partition coefficient (Wildman–Crippen LogP) is 2.65. The van der Waals surface area contributed by atoms with Gasteiger partial charge in [-0.25, -0.2) is 8.42 Å². The van der Waals surface area contributed by atoms with E-state index in [1.54, 1.807) is 0 Å². The smallest absolute Gasteiger partial charge is 0.235 e. The number of aryl methyl sites for hydroxylation is 2. The molecule has 0 fully saturated rings. The molecule has 7 heteroatoms. The zero-order valence-corrected chi connectivity index (χ0v) is 17.6. The van der Waals surface area contributed by atoms with E-state index in [4.69, 9.17) is 4.74 Å². The predicted molar refractivity (Wildman–Crippen MR) is 111 cm³/mol. The van der Waals surface area contributed by atoms with Crippen LogP contribution < -0.4 is 10.1 Å². The molecular formula is C21H28N2O4S. The standard InChI is InChI=1S/C21H28N2O4S/c1-16-10-11-20(12-17(16)2)27-15-18(3)22-21(24)14-23(28(4,25)26)13-19-8-6-5-7-9-19/h5-12,18H,13-15H2,1-4H3,(H,22,24)/t18-/m1/s1. The van der Waals surface area contributed by atoms with Gasteiger partial charge in [-0.2, -0.15) is 4.31 Å². The first kappa shape index (κ1) is 21.9. The molecule has 0 aliphatic heterocycles. The summed E-state index contributed by atoms with van der Waals surface area (Å²) >= 11 is 0. The van der Waals surface area contributed by atoms with E-state index in [0.29, 0.717) is 6.61 Å². The molecular weight excluding hydrogens is 376 g/mol. The monoisotopic (exact) mass is 404 g/mol. The molecule has 1 atom stereocenters. The summed E-state index contributed by atoms with van der Waals surface area (Å²) in [6.45, 7) is 6.08. The first-order valence-electron chi connectivity index (χ1n) is 9.13. The Labute approximate surface area is 167 Å². The minimum absolute atomic E-state index is 0.153. The summed E-state index contributed by atoms with van der Waals surface area (Å²) < 4.78 is 31.0. The molecule has 1 amide bonds. The molecule has 0 aliphatic rings. The first-order chi connectivity index (χ1) is 13.1. The van der Waals surface area contributed by atoms with Crippen LogP contribution in [0.3, 0.4) is 0 Å². The third-order valence-electron chi connectivity index (χ3n) is 4.38. The first-order valence-corrected chi connectivity index (χ1v) is 11.0. The molecule has 2 rings (SSSR count). The van der Waals surface area contributed by atoms with Crippen molar-refractivity contribution in [3.8, 4) is 5.75 Å². The van der Waals surface area contributed by atoms with Crippen molar-refractivity contribution in [2.45, 2.75) is 33.4 Å². The van der Waals surface area contributed by atoms with Crippen molar-refractivity contribution in [1.29, 1.82) is 0 Å². The Kier molecular flexibility index (Phi) is 7.60. The highest BCUT2D eigenvalue weighted by atomic mass is 32.2. The van der Waals surface area contributed by atoms with Crippen LogP contribution in [0.15, 0.2) is 48.5 Å². The second kappa shape index (κ2) is 9.71. The third kappa shape index (κ3) is 6.98. The van der Waals surface area contributed by atoms with E-state index < -0.39 is 10.0 Å². The van der Waals surface area contributed by atoms with Crippen LogP contribution in [0, 0.1) is 13.8 Å². The van der Waals surface area contributed by atoms with Crippen molar-refractivity contribution in [3.63, 3.8) is 0 Å². The van der Waals surface area contributed by atoms with Gasteiger partial charge in [-0.3, -0.25) is 4.79 Å². The second-order valence-electron chi connectivity index (χ2n) is 7.04. The number of ether oxygens (including phenoxy) is 1. The van der Waals surface area contributed by atoms with Gasteiger partial charge in [-0.1, -0.05) is 36.4 Å². The highest BCUT2D eigenvalue weighted by Crippen LogP contribution is 2.16. The number of carbonyl (C=O) groups is 1. The maximum Gasteiger partial charge on any atom is 0.235 e. The lowest BCUT2D eigenvalue weighted by Gasteiger charge is -2.21. The Bertz CT molecular complexity index is 898. The lowest BCUT2D eigenvalue weighted by atomic mass is 10.1. The van der Waals surface area contributed by atoms with E-state index in [2.05, 4.69) is 5.32 Å². The van der Waals surface area contributed by atoms with Crippen molar-refractivity contribution < 1.29 is 17.9 Å². The molecule has 0 aromatic heterocycles. The van der Waals surface area contributed by atoms with Gasteiger partial charge >= 0.3 is 0 Å². The molecule has 0 aliphatic carbocycles. The molecule has 0 spiro atoms. The van der Waals surface area contributed by atoms with Crippen LogP contribution in [-0.2, 0) is 21.4 Å². The van der Waals surface area contributed by atoms with Crippen LogP contribution in [0.4, 0.5) is 0 Å². The number of hydrogen-bond acceptors (Lipinski definition) is 4. The quantitative estimate of drug-likeness (QED) is 0.697. The van der Waals surface area contributed by atoms with E-state index in [0.717, 1.165) is 27.4 Å². The molecule has 2 aromatic carbocycles. The van der Waals surface area contributed by atoms with E-state index in [1.807, 2.05) is 69.3 Å². The van der Waals surface area contributed by atoms with Gasteiger partial charge in [0.25, 0.3) is 0 Å². The van der Waals surface area contributed by atoms with Crippen LogP contribution in [0.5, 0.6) is 5.75 Å². The van der Waals surface area contributed by atoms with Crippen LogP contribution in [0.2, 0.25) is 0 Å². The Morgan fingerprint density at radius 3 is 2.39 bits per heavy atom. The van der Waals surface area contributed by atoms with Crippen molar-refractivity contribution in [3.05, 3.63) is 65.2 Å². The fourth-order valence-electron chi connectivity index (χ4n) is 2.62. The molecule has 0 heterocycles. The van der Waals surface area contributed by atoms with Gasteiger partial charge in [0, 0.05) is 6.54 Å². The summed E-state index contributed by atoms with van der Waals surface area (Å²) in [6, 6.07) is 14.8. The van der Waals surface area contributed by atoms with E-state index in [1.165, 1.54) is 5.56 Å². The van der Waals surface area contributed by atoms with Gasteiger partial charge < -0.3 is 10.1 Å². The van der Waals surface area contributed by atoms with E-state index >= 15 is 0 Å². The molecule has 0 unspecified atom stereocenters. The number of amides is 1. The zero-order valence-electron chi connectivity index (χ0n) is 16.8. The Morgan fingerprint density at radius 1 is 1.11 bits per heavy atom. The molecule has 0 saturated carbocycles. The Hall–Kier alpha value is -2.38. The molecule has 0 bridgehead atoms. The summed E-state index contributed by atoms with van der Waals surface area (Å²) in [6.07, 6.45) is 1.11. The van der Waals surface area contributed by atoms with Crippen molar-refractivity contribution in [2.75, 3.05) is 19.4 Å². The Morgan fingerprint density at radius 2 is 1.79 bits per heavy atom. The average molecular weight is 405 g/mol. The van der Waals surface area contributed by atoms with Crippen molar-refractivity contribution >= 4 is 15.9 Å². The number of benzene rings is 2. The summed E-state index contributed by atoms with van der Waals surface area (Å²) in [5, 5.41) is 2.79. The molecule has 2 aromatic rings. The highest BCUT2D eigenvalue weighted by molar-refractivity contribution is 7.88. The summed E-state index contributed by atoms with van der Waals surface area (Å²) in [7, 11) is -3.52. The number of sulfonamides is 1. The molecule has 1 N–H and O–H groups in total. The maximum atomic E-state index is 12.3. The zero-order chi connectivity index (χ0) is 20.7. The van der Waals surface area contributed by atoms with Crippen molar-refractivity contribution in [1.82, 2.24) is 9.62 Å². The maximum absolute atomic E-state index is 12.3. The van der Waals surface area contributed by atoms with E-state index in [9.17, 15) is 13.2 Å². The van der Waals surface area contributed by atoms with Gasteiger partial charge in [-0.05, 0) is 49.6 Å². The lowest BCUT2D eigenvalue weighted by molar-refractivity contribution is -0.122. The topological polar surface area (TPSA) is 75.7 Å².